The molecule has 0 saturated heterocycles. The zero-order valence-electron chi connectivity index (χ0n) is 15.0. The predicted molar refractivity (Wildman–Crippen MR) is 101 cm³/mol. The van der Waals surface area contributed by atoms with Gasteiger partial charge in [0, 0.05) is 26.8 Å². The molecule has 0 radical (unpaired) electrons. The molecule has 0 aliphatic heterocycles. The van der Waals surface area contributed by atoms with Gasteiger partial charge in [0.1, 0.15) is 5.82 Å². The Kier molecular flexibility index (Phi) is 7.65. The number of carbonyl (C=O) groups is 1. The van der Waals surface area contributed by atoms with Crippen LogP contribution in [0.15, 0.2) is 41.3 Å². The molecule has 0 fully saturated rings. The fourth-order valence-electron chi connectivity index (χ4n) is 2.24. The Hall–Kier alpha value is -2.56. The Labute approximate surface area is 158 Å². The Morgan fingerprint density at radius 1 is 1.11 bits per heavy atom. The molecule has 0 saturated carbocycles. The Bertz CT molecular complexity index is 839. The number of hydrogen-bond donors (Lipinski definition) is 3. The number of nitrogens with zero attached hydrogens (tertiary/aromatic N) is 2. The lowest BCUT2D eigenvalue weighted by Gasteiger charge is -2.07. The monoisotopic (exact) mass is 393 g/mol. The topological polar surface area (TPSA) is 136 Å². The summed E-state index contributed by atoms with van der Waals surface area (Å²) in [5.41, 5.74) is 1.20. The van der Waals surface area contributed by atoms with E-state index in [1.807, 2.05) is 0 Å². The van der Waals surface area contributed by atoms with Gasteiger partial charge in [0.05, 0.1) is 4.90 Å². The van der Waals surface area contributed by atoms with Crippen LogP contribution in [0.1, 0.15) is 22.5 Å². The fourth-order valence-corrected chi connectivity index (χ4v) is 2.75. The number of aromatic nitrogens is 2. The molecule has 27 heavy (non-hydrogen) atoms. The number of hydrogen-bond acceptors (Lipinski definition) is 7. The van der Waals surface area contributed by atoms with Gasteiger partial charge in [-0.25, -0.2) is 13.6 Å². The van der Waals surface area contributed by atoms with E-state index in [1.54, 1.807) is 31.4 Å². The van der Waals surface area contributed by atoms with E-state index in [9.17, 15) is 13.2 Å². The highest BCUT2D eigenvalue weighted by atomic mass is 32.2. The van der Waals surface area contributed by atoms with Crippen LogP contribution in [-0.2, 0) is 21.2 Å². The van der Waals surface area contributed by atoms with Crippen molar-refractivity contribution in [2.45, 2.75) is 17.7 Å². The molecule has 0 atom stereocenters. The van der Waals surface area contributed by atoms with Gasteiger partial charge in [-0.2, -0.15) is 0 Å². The summed E-state index contributed by atoms with van der Waals surface area (Å²) in [5, 5.41) is 18.8. The molecule has 1 heterocycles. The number of amides is 1. The average molecular weight is 393 g/mol. The number of nitrogens with two attached hydrogens (primary N) is 1. The van der Waals surface area contributed by atoms with Crippen molar-refractivity contribution in [3.8, 4) is 0 Å². The van der Waals surface area contributed by atoms with Crippen molar-refractivity contribution in [1.82, 2.24) is 15.5 Å². The zero-order chi connectivity index (χ0) is 19.7. The molecule has 1 amide bonds. The molecular weight excluding hydrogens is 370 g/mol. The average Bonchev–Trinajstić information content (AvgIpc) is 2.65. The molecule has 2 aromatic rings. The van der Waals surface area contributed by atoms with E-state index in [-0.39, 0.29) is 16.5 Å². The van der Waals surface area contributed by atoms with Crippen molar-refractivity contribution in [3.05, 3.63) is 47.7 Å². The third-order valence-electron chi connectivity index (χ3n) is 3.68. The van der Waals surface area contributed by atoms with E-state index >= 15 is 0 Å². The van der Waals surface area contributed by atoms with E-state index in [0.29, 0.717) is 31.9 Å². The molecule has 0 aliphatic carbocycles. The molecular formula is C17H23N5O4S. The molecule has 4 N–H and O–H groups in total. The maximum atomic E-state index is 11.9. The normalized spacial score (nSPS) is 11.2. The standard InChI is InChI=1S/C17H23N5O4S/c1-26-12-2-10-20-17(23)15-7-8-16(22-21-15)19-11-9-13-3-5-14(6-4-13)27(18,24)25/h3-8H,2,9-12H2,1H3,(H,19,22)(H,20,23)(H2,18,24,25). The Morgan fingerprint density at radius 3 is 2.44 bits per heavy atom. The third-order valence-corrected chi connectivity index (χ3v) is 4.61. The smallest absolute Gasteiger partial charge is 0.271 e. The van der Waals surface area contributed by atoms with E-state index < -0.39 is 10.0 Å². The van der Waals surface area contributed by atoms with Crippen LogP contribution in [0.3, 0.4) is 0 Å². The summed E-state index contributed by atoms with van der Waals surface area (Å²) in [6.45, 7) is 1.67. The Morgan fingerprint density at radius 2 is 1.85 bits per heavy atom. The van der Waals surface area contributed by atoms with E-state index in [0.717, 1.165) is 12.0 Å². The number of primary sulfonamides is 1. The number of nitrogens with one attached hydrogen (secondary N) is 2. The van der Waals surface area contributed by atoms with Crippen LogP contribution in [0.25, 0.3) is 0 Å². The largest absolute Gasteiger partial charge is 0.385 e. The van der Waals surface area contributed by atoms with Crippen LogP contribution in [0.2, 0.25) is 0 Å². The van der Waals surface area contributed by atoms with Crippen LogP contribution in [0.4, 0.5) is 5.82 Å². The summed E-state index contributed by atoms with van der Waals surface area (Å²) in [4.78, 5) is 12.0. The van der Waals surface area contributed by atoms with Gasteiger partial charge in [0.25, 0.3) is 5.91 Å². The molecule has 1 aromatic heterocycles. The molecule has 0 aliphatic rings. The highest BCUT2D eigenvalue weighted by molar-refractivity contribution is 7.89. The summed E-state index contributed by atoms with van der Waals surface area (Å²) in [5.74, 6) is 0.271. The lowest BCUT2D eigenvalue weighted by atomic mass is 10.1. The van der Waals surface area contributed by atoms with Crippen LogP contribution in [0, 0.1) is 0 Å². The maximum Gasteiger partial charge on any atom is 0.271 e. The number of carbonyl (C=O) groups excluding carboxylic acids is 1. The quantitative estimate of drug-likeness (QED) is 0.501. The summed E-state index contributed by atoms with van der Waals surface area (Å²) in [6, 6.07) is 9.66. The second kappa shape index (κ2) is 9.95. The predicted octanol–water partition coefficient (Wildman–Crippen LogP) is 0.545. The SMILES string of the molecule is COCCCNC(=O)c1ccc(NCCc2ccc(S(N)(=O)=O)cc2)nn1. The van der Waals surface area contributed by atoms with E-state index in [2.05, 4.69) is 20.8 Å². The number of ether oxygens (including phenoxy) is 1. The molecule has 0 spiro atoms. The first kappa shape index (κ1) is 20.7. The van der Waals surface area contributed by atoms with E-state index in [1.165, 1.54) is 12.1 Å². The van der Waals surface area contributed by atoms with Crippen molar-refractivity contribution in [2.75, 3.05) is 32.1 Å². The summed E-state index contributed by atoms with van der Waals surface area (Å²) in [6.07, 6.45) is 1.39. The summed E-state index contributed by atoms with van der Waals surface area (Å²) < 4.78 is 27.4. The van der Waals surface area contributed by atoms with E-state index in [4.69, 9.17) is 9.88 Å². The van der Waals surface area contributed by atoms with Gasteiger partial charge >= 0.3 is 0 Å². The molecule has 0 bridgehead atoms. The minimum absolute atomic E-state index is 0.0844. The fraction of sp³-hybridized carbons (Fsp3) is 0.353. The van der Waals surface area contributed by atoms with Gasteiger partial charge in [-0.3, -0.25) is 4.79 Å². The minimum atomic E-state index is -3.68. The van der Waals surface area contributed by atoms with Crippen molar-refractivity contribution in [2.24, 2.45) is 5.14 Å². The second-order valence-electron chi connectivity index (χ2n) is 5.77. The molecule has 1 aromatic carbocycles. The van der Waals surface area contributed by atoms with Crippen molar-refractivity contribution in [3.63, 3.8) is 0 Å². The second-order valence-corrected chi connectivity index (χ2v) is 7.33. The summed E-state index contributed by atoms with van der Waals surface area (Å²) >= 11 is 0. The number of rotatable bonds is 10. The van der Waals surface area contributed by atoms with Gasteiger partial charge in [0.15, 0.2) is 5.69 Å². The van der Waals surface area contributed by atoms with Gasteiger partial charge in [-0.15, -0.1) is 10.2 Å². The summed E-state index contributed by atoms with van der Waals surface area (Å²) in [7, 11) is -2.07. The number of anilines is 1. The minimum Gasteiger partial charge on any atom is -0.385 e. The van der Waals surface area contributed by atoms with Gasteiger partial charge in [-0.1, -0.05) is 12.1 Å². The number of sulfonamides is 1. The molecule has 146 valence electrons. The lowest BCUT2D eigenvalue weighted by Crippen LogP contribution is -2.26. The Balaban J connectivity index is 1.79. The lowest BCUT2D eigenvalue weighted by molar-refractivity contribution is 0.0942. The maximum absolute atomic E-state index is 11.9. The number of benzene rings is 1. The van der Waals surface area contributed by atoms with Gasteiger partial charge in [-0.05, 0) is 42.7 Å². The third kappa shape index (κ3) is 6.93. The molecule has 0 unspecified atom stereocenters. The van der Waals surface area contributed by atoms with Gasteiger partial charge < -0.3 is 15.4 Å². The zero-order valence-corrected chi connectivity index (χ0v) is 15.8. The van der Waals surface area contributed by atoms with Crippen LogP contribution < -0.4 is 15.8 Å². The molecule has 2 rings (SSSR count). The molecule has 9 nitrogen and oxygen atoms in total. The highest BCUT2D eigenvalue weighted by Gasteiger charge is 2.08. The first-order chi connectivity index (χ1) is 12.9. The van der Waals surface area contributed by atoms with Crippen molar-refractivity contribution >= 4 is 21.7 Å². The van der Waals surface area contributed by atoms with Crippen molar-refractivity contribution in [1.29, 1.82) is 0 Å². The van der Waals surface area contributed by atoms with Gasteiger partial charge in [0.2, 0.25) is 10.0 Å². The first-order valence-electron chi connectivity index (χ1n) is 8.36. The first-order valence-corrected chi connectivity index (χ1v) is 9.91. The van der Waals surface area contributed by atoms with Crippen LogP contribution in [-0.4, -0.2) is 51.3 Å². The highest BCUT2D eigenvalue weighted by Crippen LogP contribution is 2.10. The molecule has 10 heteroatoms. The van der Waals surface area contributed by atoms with Crippen molar-refractivity contribution < 1.29 is 17.9 Å². The van der Waals surface area contributed by atoms with Crippen LogP contribution in [0.5, 0.6) is 0 Å². The number of methoxy groups -OCH3 is 1. The van der Waals surface area contributed by atoms with Crippen LogP contribution >= 0.6 is 0 Å².